The van der Waals surface area contributed by atoms with Gasteiger partial charge in [-0.2, -0.15) is 0 Å². The van der Waals surface area contributed by atoms with Crippen LogP contribution in [0.3, 0.4) is 0 Å². The summed E-state index contributed by atoms with van der Waals surface area (Å²) in [7, 11) is 0. The van der Waals surface area contributed by atoms with E-state index in [4.69, 9.17) is 0 Å². The van der Waals surface area contributed by atoms with Crippen LogP contribution in [0.4, 0.5) is 17.1 Å². The summed E-state index contributed by atoms with van der Waals surface area (Å²) >= 11 is 0. The zero-order chi connectivity index (χ0) is 38.2. The number of benzene rings is 6. The normalized spacial score (nSPS) is 31.6. The van der Waals surface area contributed by atoms with Gasteiger partial charge < -0.3 is 4.90 Å². The van der Waals surface area contributed by atoms with Crippen LogP contribution in [0.25, 0.3) is 33.4 Å². The Kier molecular flexibility index (Phi) is 7.37. The quantitative estimate of drug-likeness (QED) is 0.169. The Morgan fingerprint density at radius 2 is 0.983 bits per heavy atom. The fourth-order valence-corrected chi connectivity index (χ4v) is 15.8. The molecule has 6 bridgehead atoms. The molecule has 6 saturated carbocycles. The highest BCUT2D eigenvalue weighted by atomic mass is 15.1. The van der Waals surface area contributed by atoms with E-state index in [0.29, 0.717) is 0 Å². The van der Waals surface area contributed by atoms with E-state index >= 15 is 0 Å². The molecule has 58 heavy (non-hydrogen) atoms. The molecule has 0 saturated heterocycles. The lowest BCUT2D eigenvalue weighted by Gasteiger charge is -2.61. The predicted octanol–water partition coefficient (Wildman–Crippen LogP) is 15.0. The topological polar surface area (TPSA) is 3.24 Å². The number of nitrogens with zero attached hydrogens (tertiary/aromatic N) is 1. The molecule has 2 spiro atoms. The lowest BCUT2D eigenvalue weighted by molar-refractivity contribution is -0.0399. The van der Waals surface area contributed by atoms with Gasteiger partial charge in [-0.05, 0) is 191 Å². The Bertz CT molecular complexity index is 2550. The maximum absolute atomic E-state index is 2.69. The summed E-state index contributed by atoms with van der Waals surface area (Å²) < 4.78 is 0. The molecule has 8 aliphatic carbocycles. The molecule has 2 atom stereocenters. The second kappa shape index (κ2) is 12.6. The minimum Gasteiger partial charge on any atom is -0.310 e. The Balaban J connectivity index is 1.01. The van der Waals surface area contributed by atoms with Gasteiger partial charge in [0.1, 0.15) is 0 Å². The van der Waals surface area contributed by atoms with Crippen LogP contribution in [0.5, 0.6) is 0 Å². The first-order chi connectivity index (χ1) is 28.6. The SMILES string of the molecule is CCC1CC2CCCC(C1)C21c2ccccc2-c2cc(N(c3cccc(-c4ccccc4)c3)c3ccc4c(c3)C3(c5ccccc5-4)C4CC5CC(C4)CC3C5)ccc21. The molecule has 1 heteroatoms. The van der Waals surface area contributed by atoms with Crippen molar-refractivity contribution in [2.45, 2.75) is 88.4 Å². The molecule has 8 aliphatic rings. The Morgan fingerprint density at radius 3 is 1.69 bits per heavy atom. The maximum atomic E-state index is 2.69. The summed E-state index contributed by atoms with van der Waals surface area (Å²) in [4.78, 5) is 2.63. The van der Waals surface area contributed by atoms with Crippen LogP contribution in [0.15, 0.2) is 140 Å². The van der Waals surface area contributed by atoms with Crippen LogP contribution >= 0.6 is 0 Å². The molecule has 288 valence electrons. The first kappa shape index (κ1) is 34.0. The van der Waals surface area contributed by atoms with Crippen molar-refractivity contribution >= 4 is 17.1 Å². The van der Waals surface area contributed by atoms with Crippen LogP contribution in [0.2, 0.25) is 0 Å². The third-order valence-corrected chi connectivity index (χ3v) is 17.6. The first-order valence-electron chi connectivity index (χ1n) is 23.1. The summed E-state index contributed by atoms with van der Waals surface area (Å²) in [5.74, 6) is 5.67. The molecule has 2 unspecified atom stereocenters. The molecule has 14 rings (SSSR count). The van der Waals surface area contributed by atoms with Gasteiger partial charge in [0.05, 0.1) is 0 Å². The zero-order valence-corrected chi connectivity index (χ0v) is 34.0. The molecule has 6 fully saturated rings. The summed E-state index contributed by atoms with van der Waals surface area (Å²) in [5.41, 5.74) is 19.1. The number of hydrogen-bond acceptors (Lipinski definition) is 1. The number of fused-ring (bicyclic) bond motifs is 6. The largest absolute Gasteiger partial charge is 0.310 e. The molecule has 0 amide bonds. The van der Waals surface area contributed by atoms with Crippen LogP contribution in [-0.2, 0) is 10.8 Å². The third-order valence-electron chi connectivity index (χ3n) is 17.6. The highest BCUT2D eigenvalue weighted by Gasteiger charge is 2.62. The maximum Gasteiger partial charge on any atom is 0.0468 e. The summed E-state index contributed by atoms with van der Waals surface area (Å²) in [6.07, 6.45) is 15.3. The molecule has 0 aliphatic heterocycles. The molecule has 0 radical (unpaired) electrons. The molecule has 6 aromatic rings. The van der Waals surface area contributed by atoms with Crippen LogP contribution in [0.1, 0.15) is 99.8 Å². The Morgan fingerprint density at radius 1 is 0.431 bits per heavy atom. The lowest BCUT2D eigenvalue weighted by Crippen LogP contribution is -2.55. The van der Waals surface area contributed by atoms with E-state index in [9.17, 15) is 0 Å². The smallest absolute Gasteiger partial charge is 0.0468 e. The third kappa shape index (κ3) is 4.49. The first-order valence-corrected chi connectivity index (χ1v) is 23.1. The van der Waals surface area contributed by atoms with Crippen molar-refractivity contribution in [3.63, 3.8) is 0 Å². The van der Waals surface area contributed by atoms with Gasteiger partial charge in [0, 0.05) is 27.9 Å². The molecule has 0 aromatic heterocycles. The summed E-state index contributed by atoms with van der Waals surface area (Å²) in [6.45, 7) is 2.44. The number of hydrogen-bond donors (Lipinski definition) is 0. The molecule has 1 nitrogen and oxygen atoms in total. The number of rotatable bonds is 5. The van der Waals surface area contributed by atoms with Gasteiger partial charge in [-0.25, -0.2) is 0 Å². The number of anilines is 3. The fourth-order valence-electron chi connectivity index (χ4n) is 15.8. The van der Waals surface area contributed by atoms with Crippen molar-refractivity contribution in [3.05, 3.63) is 162 Å². The molecule has 0 heterocycles. The average Bonchev–Trinajstić information content (AvgIpc) is 3.70. The fraction of sp³-hybridized carbons (Fsp3) is 0.368. The molecular formula is C57H55N. The van der Waals surface area contributed by atoms with Crippen LogP contribution < -0.4 is 4.90 Å². The van der Waals surface area contributed by atoms with E-state index in [1.165, 1.54) is 121 Å². The van der Waals surface area contributed by atoms with Crippen molar-refractivity contribution in [1.82, 2.24) is 0 Å². The van der Waals surface area contributed by atoms with Gasteiger partial charge in [0.2, 0.25) is 0 Å². The van der Waals surface area contributed by atoms with E-state index in [0.717, 1.165) is 41.4 Å². The van der Waals surface area contributed by atoms with E-state index in [-0.39, 0.29) is 10.8 Å². The van der Waals surface area contributed by atoms with Crippen molar-refractivity contribution in [2.75, 3.05) is 4.90 Å². The Hall–Kier alpha value is -4.88. The highest BCUT2D eigenvalue weighted by Crippen LogP contribution is 2.70. The average molecular weight is 754 g/mol. The molecule has 0 N–H and O–H groups in total. The minimum absolute atomic E-state index is 0.130. The second-order valence-corrected chi connectivity index (χ2v) is 19.9. The van der Waals surface area contributed by atoms with Crippen molar-refractivity contribution in [3.8, 4) is 33.4 Å². The van der Waals surface area contributed by atoms with Gasteiger partial charge in [-0.1, -0.05) is 123 Å². The van der Waals surface area contributed by atoms with Crippen molar-refractivity contribution in [1.29, 1.82) is 0 Å². The predicted molar refractivity (Wildman–Crippen MR) is 240 cm³/mol. The van der Waals surface area contributed by atoms with E-state index in [2.05, 4.69) is 151 Å². The minimum atomic E-state index is 0.130. The summed E-state index contributed by atoms with van der Waals surface area (Å²) in [6, 6.07) is 54.9. The second-order valence-electron chi connectivity index (χ2n) is 19.9. The van der Waals surface area contributed by atoms with E-state index in [1.54, 1.807) is 22.3 Å². The Labute approximate surface area is 345 Å². The van der Waals surface area contributed by atoms with Gasteiger partial charge in [-0.15, -0.1) is 0 Å². The van der Waals surface area contributed by atoms with E-state index < -0.39 is 0 Å². The standard InChI is InChI=1S/C57H55N/c1-2-36-27-41-15-11-16-42(28-36)56(41)53-21-9-7-19-49(53)51-34-46(23-25-54(51)56)58(45-17-10-14-40(33-45)39-12-4-3-5-13-39)47-22-24-50-48-18-6-8-20-52(48)57(55(50)35-47)43-29-37-26-38(31-43)32-44(57)30-37/h3-10,12-14,17-25,33-38,41-44H,2,11,15-16,26-32H2,1H3. The van der Waals surface area contributed by atoms with Gasteiger partial charge in [0.15, 0.2) is 0 Å². The summed E-state index contributed by atoms with van der Waals surface area (Å²) in [5, 5.41) is 0. The molecule has 6 aromatic carbocycles. The van der Waals surface area contributed by atoms with Gasteiger partial charge >= 0.3 is 0 Å². The highest BCUT2D eigenvalue weighted by molar-refractivity contribution is 5.90. The van der Waals surface area contributed by atoms with Crippen molar-refractivity contribution in [2.24, 2.45) is 41.4 Å². The lowest BCUT2D eigenvalue weighted by atomic mass is 9.43. The monoisotopic (exact) mass is 753 g/mol. The molecular weight excluding hydrogens is 699 g/mol. The van der Waals surface area contributed by atoms with E-state index in [1.807, 2.05) is 0 Å². The van der Waals surface area contributed by atoms with Gasteiger partial charge in [-0.3, -0.25) is 0 Å². The zero-order valence-electron chi connectivity index (χ0n) is 34.0. The van der Waals surface area contributed by atoms with Crippen molar-refractivity contribution < 1.29 is 0 Å². The van der Waals surface area contributed by atoms with Crippen LogP contribution in [0, 0.1) is 41.4 Å². The van der Waals surface area contributed by atoms with Crippen LogP contribution in [-0.4, -0.2) is 0 Å². The van der Waals surface area contributed by atoms with Gasteiger partial charge in [0.25, 0.3) is 0 Å².